The van der Waals surface area contributed by atoms with E-state index in [0.29, 0.717) is 31.9 Å². The first-order valence-corrected chi connectivity index (χ1v) is 12.5. The van der Waals surface area contributed by atoms with Gasteiger partial charge in [-0.1, -0.05) is 60.7 Å². The number of rotatable bonds is 9. The molecule has 0 spiro atoms. The van der Waals surface area contributed by atoms with Crippen molar-refractivity contribution in [2.24, 2.45) is 0 Å². The van der Waals surface area contributed by atoms with Gasteiger partial charge in [-0.05, 0) is 31.4 Å². The van der Waals surface area contributed by atoms with Crippen molar-refractivity contribution in [2.75, 3.05) is 19.6 Å². The smallest absolute Gasteiger partial charge is 0.274 e. The summed E-state index contributed by atoms with van der Waals surface area (Å²) < 4.78 is 1.64. The molecule has 1 atom stereocenters. The van der Waals surface area contributed by atoms with Crippen LogP contribution < -0.4 is 5.32 Å². The van der Waals surface area contributed by atoms with Crippen molar-refractivity contribution >= 4 is 17.7 Å². The molecule has 4 rings (SSSR count). The first-order chi connectivity index (χ1) is 17.5. The molecule has 36 heavy (non-hydrogen) atoms. The number of benzene rings is 2. The van der Waals surface area contributed by atoms with Crippen LogP contribution in [0.4, 0.5) is 0 Å². The summed E-state index contributed by atoms with van der Waals surface area (Å²) in [5.74, 6) is -0.519. The van der Waals surface area contributed by atoms with E-state index in [9.17, 15) is 14.4 Å². The number of amides is 3. The van der Waals surface area contributed by atoms with E-state index in [1.165, 1.54) is 0 Å². The molecule has 8 nitrogen and oxygen atoms in total. The average Bonchev–Trinajstić information content (AvgIpc) is 3.27. The van der Waals surface area contributed by atoms with Gasteiger partial charge in [0.15, 0.2) is 5.69 Å². The molecule has 2 heterocycles. The van der Waals surface area contributed by atoms with Crippen molar-refractivity contribution in [3.8, 4) is 0 Å². The summed E-state index contributed by atoms with van der Waals surface area (Å²) in [4.78, 5) is 42.4. The molecule has 1 unspecified atom stereocenters. The van der Waals surface area contributed by atoms with Crippen molar-refractivity contribution in [3.63, 3.8) is 0 Å². The zero-order valence-electron chi connectivity index (χ0n) is 20.9. The van der Waals surface area contributed by atoms with Gasteiger partial charge in [0.2, 0.25) is 5.91 Å². The number of carbonyl (C=O) groups is 3. The first kappa shape index (κ1) is 25.2. The topological polar surface area (TPSA) is 87.5 Å². The largest absolute Gasteiger partial charge is 0.350 e. The molecule has 2 aromatic carbocycles. The molecule has 3 aromatic rings. The number of hydrogen-bond acceptors (Lipinski definition) is 4. The van der Waals surface area contributed by atoms with Crippen LogP contribution in [-0.2, 0) is 17.9 Å². The van der Waals surface area contributed by atoms with Crippen LogP contribution in [-0.4, -0.2) is 56.9 Å². The monoisotopic (exact) mass is 487 g/mol. The highest BCUT2D eigenvalue weighted by molar-refractivity contribution is 5.98. The van der Waals surface area contributed by atoms with Gasteiger partial charge in [0.1, 0.15) is 5.69 Å². The third-order valence-corrected chi connectivity index (χ3v) is 6.47. The number of nitrogens with zero attached hydrogens (tertiary/aromatic N) is 4. The maximum Gasteiger partial charge on any atom is 0.274 e. The Balaban J connectivity index is 1.38. The third-order valence-electron chi connectivity index (χ3n) is 6.47. The molecule has 1 aromatic heterocycles. The van der Waals surface area contributed by atoms with Gasteiger partial charge in [0.05, 0.1) is 6.04 Å². The molecule has 1 N–H and O–H groups in total. The Labute approximate surface area is 211 Å². The molecule has 0 saturated heterocycles. The summed E-state index contributed by atoms with van der Waals surface area (Å²) in [5.41, 5.74) is 2.75. The Hall–Kier alpha value is -3.94. The molecule has 0 fully saturated rings. The molecule has 188 valence electrons. The van der Waals surface area contributed by atoms with Crippen molar-refractivity contribution in [1.29, 1.82) is 0 Å². The molecule has 8 heteroatoms. The Morgan fingerprint density at radius 3 is 2.44 bits per heavy atom. The van der Waals surface area contributed by atoms with E-state index < -0.39 is 0 Å². The van der Waals surface area contributed by atoms with Crippen LogP contribution in [0.2, 0.25) is 0 Å². The molecule has 0 bridgehead atoms. The van der Waals surface area contributed by atoms with E-state index in [-0.39, 0.29) is 42.4 Å². The van der Waals surface area contributed by atoms with Crippen molar-refractivity contribution in [1.82, 2.24) is 24.9 Å². The maximum atomic E-state index is 13.2. The van der Waals surface area contributed by atoms with Crippen molar-refractivity contribution in [2.45, 2.75) is 45.8 Å². The second-order valence-corrected chi connectivity index (χ2v) is 9.04. The summed E-state index contributed by atoms with van der Waals surface area (Å²) in [6.07, 6.45) is 0.951. The van der Waals surface area contributed by atoms with E-state index in [0.717, 1.165) is 17.5 Å². The first-order valence-electron chi connectivity index (χ1n) is 12.5. The maximum absolute atomic E-state index is 13.2. The summed E-state index contributed by atoms with van der Waals surface area (Å²) in [6, 6.07) is 21.1. The average molecular weight is 488 g/mol. The lowest BCUT2D eigenvalue weighted by Gasteiger charge is -2.21. The minimum Gasteiger partial charge on any atom is -0.350 e. The van der Waals surface area contributed by atoms with E-state index in [1.807, 2.05) is 74.5 Å². The van der Waals surface area contributed by atoms with Gasteiger partial charge < -0.3 is 15.1 Å². The fourth-order valence-corrected chi connectivity index (χ4v) is 4.43. The van der Waals surface area contributed by atoms with Gasteiger partial charge in [-0.2, -0.15) is 5.10 Å². The summed E-state index contributed by atoms with van der Waals surface area (Å²) in [7, 11) is 0. The van der Waals surface area contributed by atoms with Gasteiger partial charge in [-0.3, -0.25) is 19.1 Å². The van der Waals surface area contributed by atoms with Crippen LogP contribution in [0, 0.1) is 0 Å². The number of nitrogens with one attached hydrogen (secondary N) is 1. The molecule has 0 aliphatic carbocycles. The Morgan fingerprint density at radius 1 is 1.06 bits per heavy atom. The van der Waals surface area contributed by atoms with Gasteiger partial charge >= 0.3 is 0 Å². The second kappa shape index (κ2) is 11.7. The van der Waals surface area contributed by atoms with Gasteiger partial charge in [0.25, 0.3) is 11.8 Å². The number of fused-ring (bicyclic) bond motifs is 1. The zero-order valence-corrected chi connectivity index (χ0v) is 20.9. The molecule has 0 saturated carbocycles. The van der Waals surface area contributed by atoms with Crippen molar-refractivity contribution in [3.05, 3.63) is 89.2 Å². The zero-order chi connectivity index (χ0) is 25.5. The quantitative estimate of drug-likeness (QED) is 0.499. The minimum absolute atomic E-state index is 0.113. The lowest BCUT2D eigenvalue weighted by Crippen LogP contribution is -2.36. The van der Waals surface area contributed by atoms with Crippen LogP contribution >= 0.6 is 0 Å². The normalized spacial score (nSPS) is 14.1. The molecule has 3 amide bonds. The molecular formula is C28H33N5O3. The fraction of sp³-hybridized carbons (Fsp3) is 0.357. The van der Waals surface area contributed by atoms with E-state index >= 15 is 0 Å². The predicted molar refractivity (Wildman–Crippen MR) is 137 cm³/mol. The summed E-state index contributed by atoms with van der Waals surface area (Å²) in [6.45, 7) is 6.26. The Bertz CT molecular complexity index is 1190. The standard InChI is InChI=1S/C28H33N5O3/c1-3-31(18-15-26(34)29-21(2)23-13-8-5-9-14-23)27(35)24-19-25-28(36)32(16-10-17-33(25)30-24)20-22-11-6-4-7-12-22/h4-9,11-14,19,21H,3,10,15-18,20H2,1-2H3,(H,29,34). The molecular weight excluding hydrogens is 454 g/mol. The highest BCUT2D eigenvalue weighted by Crippen LogP contribution is 2.18. The lowest BCUT2D eigenvalue weighted by molar-refractivity contribution is -0.121. The number of aryl methyl sites for hydroxylation is 1. The molecule has 1 aliphatic heterocycles. The van der Waals surface area contributed by atoms with Gasteiger partial charge in [-0.15, -0.1) is 0 Å². The SMILES string of the molecule is CCN(CCC(=O)NC(C)c1ccccc1)C(=O)c1cc2n(n1)CCCN(Cc1ccccc1)C2=O. The van der Waals surface area contributed by atoms with Crippen LogP contribution in [0.25, 0.3) is 0 Å². The second-order valence-electron chi connectivity index (χ2n) is 9.04. The van der Waals surface area contributed by atoms with E-state index in [2.05, 4.69) is 10.4 Å². The minimum atomic E-state index is -0.274. The lowest BCUT2D eigenvalue weighted by atomic mass is 10.1. The van der Waals surface area contributed by atoms with Crippen LogP contribution in [0.15, 0.2) is 66.7 Å². The fourth-order valence-electron chi connectivity index (χ4n) is 4.43. The number of aromatic nitrogens is 2. The summed E-state index contributed by atoms with van der Waals surface area (Å²) in [5, 5.41) is 7.45. The third kappa shape index (κ3) is 6.00. The van der Waals surface area contributed by atoms with Crippen LogP contribution in [0.1, 0.15) is 64.8 Å². The predicted octanol–water partition coefficient (Wildman–Crippen LogP) is 3.66. The van der Waals surface area contributed by atoms with E-state index in [1.54, 1.807) is 20.5 Å². The molecule has 1 aliphatic rings. The van der Waals surface area contributed by atoms with Gasteiger partial charge in [-0.25, -0.2) is 0 Å². The van der Waals surface area contributed by atoms with Crippen LogP contribution in [0.3, 0.4) is 0 Å². The van der Waals surface area contributed by atoms with Crippen LogP contribution in [0.5, 0.6) is 0 Å². The summed E-state index contributed by atoms with van der Waals surface area (Å²) >= 11 is 0. The van der Waals surface area contributed by atoms with Crippen molar-refractivity contribution < 1.29 is 14.4 Å². The number of carbonyl (C=O) groups excluding carboxylic acids is 3. The van der Waals surface area contributed by atoms with E-state index in [4.69, 9.17) is 0 Å². The highest BCUT2D eigenvalue weighted by Gasteiger charge is 2.28. The number of hydrogen-bond donors (Lipinski definition) is 1. The highest BCUT2D eigenvalue weighted by atomic mass is 16.2. The van der Waals surface area contributed by atoms with Gasteiger partial charge in [0, 0.05) is 45.2 Å². The Kier molecular flexibility index (Phi) is 8.15. The Morgan fingerprint density at radius 2 is 1.75 bits per heavy atom. The molecule has 0 radical (unpaired) electrons.